The van der Waals surface area contributed by atoms with E-state index in [1.54, 1.807) is 0 Å². The maximum absolute atomic E-state index is 13.9. The summed E-state index contributed by atoms with van der Waals surface area (Å²) >= 11 is 0. The lowest BCUT2D eigenvalue weighted by Gasteiger charge is -2.23. The van der Waals surface area contributed by atoms with Crippen LogP contribution in [0.1, 0.15) is 23.1 Å². The fraction of sp³-hybridized carbons (Fsp3) is 0.269. The molecule has 3 aromatic rings. The summed E-state index contributed by atoms with van der Waals surface area (Å²) in [7, 11) is 0. The van der Waals surface area contributed by atoms with Gasteiger partial charge in [-0.2, -0.15) is 0 Å². The molecular weight excluding hydrogens is 404 g/mol. The maximum atomic E-state index is 13.9. The number of rotatable bonds is 6. The minimum Gasteiger partial charge on any atom is -0.491 e. The molecule has 3 aliphatic rings. The molecule has 6 nitrogen and oxygen atoms in total. The monoisotopic (exact) mass is 428 g/mol. The van der Waals surface area contributed by atoms with Crippen molar-refractivity contribution in [3.05, 3.63) is 83.4 Å². The fourth-order valence-corrected chi connectivity index (χ4v) is 4.98. The largest absolute Gasteiger partial charge is 0.491 e. The van der Waals surface area contributed by atoms with Gasteiger partial charge in [-0.25, -0.2) is 0 Å². The molecular formula is C26H24N2O4. The van der Waals surface area contributed by atoms with Crippen molar-refractivity contribution in [2.24, 2.45) is 0 Å². The molecule has 3 aliphatic heterocycles. The lowest BCUT2D eigenvalue weighted by Crippen LogP contribution is -2.43. The van der Waals surface area contributed by atoms with Crippen LogP contribution in [-0.4, -0.2) is 32.4 Å². The Labute approximate surface area is 186 Å². The first-order chi connectivity index (χ1) is 15.8. The number of para-hydroxylation sites is 1. The van der Waals surface area contributed by atoms with Crippen LogP contribution in [-0.2, 0) is 16.8 Å². The van der Waals surface area contributed by atoms with Gasteiger partial charge in [-0.05, 0) is 36.2 Å². The number of carbonyl (C=O) groups excluding carboxylic acids is 1. The van der Waals surface area contributed by atoms with Crippen molar-refractivity contribution in [2.45, 2.75) is 18.4 Å². The lowest BCUT2D eigenvalue weighted by atomic mass is 9.77. The quantitative estimate of drug-likeness (QED) is 0.608. The Morgan fingerprint density at radius 1 is 0.875 bits per heavy atom. The number of anilines is 1. The van der Waals surface area contributed by atoms with Crippen LogP contribution in [0.5, 0.6) is 17.2 Å². The van der Waals surface area contributed by atoms with Crippen LogP contribution >= 0.6 is 0 Å². The number of hydrogen-bond acceptors (Lipinski definition) is 5. The number of hydrogen-bond donors (Lipinski definition) is 1. The first kappa shape index (κ1) is 19.2. The first-order valence-electron chi connectivity index (χ1n) is 11.0. The smallest absolute Gasteiger partial charge is 0.245 e. The molecule has 6 heteroatoms. The van der Waals surface area contributed by atoms with E-state index in [4.69, 9.17) is 14.2 Å². The summed E-state index contributed by atoms with van der Waals surface area (Å²) in [6, 6.07) is 22.2. The SMILES string of the molecule is O=C1N(CCCNCc2ccccc2)c2ccccc2C12COc1cc3c(cc12)OCO3. The van der Waals surface area contributed by atoms with E-state index in [1.807, 2.05) is 59.5 Å². The highest BCUT2D eigenvalue weighted by Gasteiger charge is 2.57. The van der Waals surface area contributed by atoms with Gasteiger partial charge in [0.2, 0.25) is 12.7 Å². The van der Waals surface area contributed by atoms with E-state index in [1.165, 1.54) is 5.56 Å². The Kier molecular flexibility index (Phi) is 4.54. The molecule has 0 aromatic heterocycles. The van der Waals surface area contributed by atoms with Crippen molar-refractivity contribution in [3.8, 4) is 17.2 Å². The minimum atomic E-state index is -0.829. The van der Waals surface area contributed by atoms with Crippen molar-refractivity contribution >= 4 is 11.6 Å². The molecule has 1 amide bonds. The van der Waals surface area contributed by atoms with Gasteiger partial charge in [0.05, 0.1) is 0 Å². The van der Waals surface area contributed by atoms with Crippen molar-refractivity contribution in [1.29, 1.82) is 0 Å². The zero-order valence-corrected chi connectivity index (χ0v) is 17.7. The summed E-state index contributed by atoms with van der Waals surface area (Å²) in [5, 5.41) is 3.48. The van der Waals surface area contributed by atoms with E-state index in [2.05, 4.69) is 17.4 Å². The normalized spacial score (nSPS) is 19.9. The van der Waals surface area contributed by atoms with Crippen molar-refractivity contribution in [1.82, 2.24) is 5.32 Å². The average molecular weight is 428 g/mol. The van der Waals surface area contributed by atoms with E-state index < -0.39 is 5.41 Å². The minimum absolute atomic E-state index is 0.0689. The Balaban J connectivity index is 1.23. The van der Waals surface area contributed by atoms with E-state index in [9.17, 15) is 4.79 Å². The predicted octanol–water partition coefficient (Wildman–Crippen LogP) is 3.62. The summed E-state index contributed by atoms with van der Waals surface area (Å²) in [4.78, 5) is 15.8. The number of nitrogens with one attached hydrogen (secondary N) is 1. The van der Waals surface area contributed by atoms with E-state index in [-0.39, 0.29) is 12.7 Å². The summed E-state index contributed by atoms with van der Waals surface area (Å²) in [5.74, 6) is 2.10. The molecule has 0 bridgehead atoms. The molecule has 3 aromatic carbocycles. The second kappa shape index (κ2) is 7.57. The molecule has 1 atom stereocenters. The third kappa shape index (κ3) is 2.87. The molecule has 3 heterocycles. The van der Waals surface area contributed by atoms with E-state index in [0.717, 1.165) is 36.3 Å². The molecule has 0 fully saturated rings. The van der Waals surface area contributed by atoms with Gasteiger partial charge in [0.25, 0.3) is 0 Å². The first-order valence-corrected chi connectivity index (χ1v) is 11.0. The molecule has 0 aliphatic carbocycles. The fourth-order valence-electron chi connectivity index (χ4n) is 4.98. The highest BCUT2D eigenvalue weighted by molar-refractivity contribution is 6.11. The highest BCUT2D eigenvalue weighted by Crippen LogP contribution is 2.54. The Morgan fingerprint density at radius 3 is 2.53 bits per heavy atom. The van der Waals surface area contributed by atoms with Crippen LogP contribution in [0.25, 0.3) is 0 Å². The highest BCUT2D eigenvalue weighted by atomic mass is 16.7. The molecule has 32 heavy (non-hydrogen) atoms. The predicted molar refractivity (Wildman–Crippen MR) is 120 cm³/mol. The number of amides is 1. The number of fused-ring (bicyclic) bond motifs is 5. The van der Waals surface area contributed by atoms with Crippen molar-refractivity contribution in [2.75, 3.05) is 31.4 Å². The second-order valence-corrected chi connectivity index (χ2v) is 8.39. The summed E-state index contributed by atoms with van der Waals surface area (Å²) in [6.45, 7) is 2.80. The van der Waals surface area contributed by atoms with Crippen LogP contribution in [0.3, 0.4) is 0 Å². The molecule has 0 saturated heterocycles. The molecule has 1 unspecified atom stereocenters. The van der Waals surface area contributed by atoms with E-state index in [0.29, 0.717) is 30.4 Å². The number of carbonyl (C=O) groups is 1. The third-order valence-corrected chi connectivity index (χ3v) is 6.55. The Bertz CT molecular complexity index is 1180. The maximum Gasteiger partial charge on any atom is 0.245 e. The van der Waals surface area contributed by atoms with Crippen LogP contribution in [0, 0.1) is 0 Å². The molecule has 0 saturated carbocycles. The molecule has 6 rings (SSSR count). The van der Waals surface area contributed by atoms with Crippen molar-refractivity contribution in [3.63, 3.8) is 0 Å². The van der Waals surface area contributed by atoms with Crippen molar-refractivity contribution < 1.29 is 19.0 Å². The van der Waals surface area contributed by atoms with Crippen LogP contribution in [0.2, 0.25) is 0 Å². The topological polar surface area (TPSA) is 60.0 Å². The Hall–Kier alpha value is -3.51. The van der Waals surface area contributed by atoms with Gasteiger partial charge in [-0.1, -0.05) is 48.5 Å². The zero-order chi connectivity index (χ0) is 21.5. The van der Waals surface area contributed by atoms with Crippen LogP contribution in [0.4, 0.5) is 5.69 Å². The van der Waals surface area contributed by atoms with Gasteiger partial charge < -0.3 is 24.4 Å². The van der Waals surface area contributed by atoms with Gasteiger partial charge >= 0.3 is 0 Å². The molecule has 162 valence electrons. The average Bonchev–Trinajstić information content (AvgIpc) is 3.50. The molecule has 0 radical (unpaired) electrons. The van der Waals surface area contributed by atoms with Gasteiger partial charge in [-0.15, -0.1) is 0 Å². The van der Waals surface area contributed by atoms with E-state index >= 15 is 0 Å². The zero-order valence-electron chi connectivity index (χ0n) is 17.7. The van der Waals surface area contributed by atoms with Gasteiger partial charge in [0.1, 0.15) is 17.8 Å². The standard InChI is InChI=1S/C26H24N2O4/c29-25-26(16-30-22-14-24-23(13-20(22)26)31-17-32-24)19-9-4-5-10-21(19)28(25)12-6-11-27-15-18-7-2-1-3-8-18/h1-5,7-10,13-14,27H,6,11-12,15-17H2. The number of benzene rings is 3. The third-order valence-electron chi connectivity index (χ3n) is 6.55. The van der Waals surface area contributed by atoms with Crippen LogP contribution in [0.15, 0.2) is 66.7 Å². The lowest BCUT2D eigenvalue weighted by molar-refractivity contribution is -0.122. The van der Waals surface area contributed by atoms with Gasteiger partial charge in [-0.3, -0.25) is 4.79 Å². The van der Waals surface area contributed by atoms with Gasteiger partial charge in [0.15, 0.2) is 11.5 Å². The Morgan fingerprint density at radius 2 is 1.66 bits per heavy atom. The van der Waals surface area contributed by atoms with Crippen LogP contribution < -0.4 is 24.4 Å². The number of nitrogens with zero attached hydrogens (tertiary/aromatic N) is 1. The molecule has 1 N–H and O–H groups in total. The second-order valence-electron chi connectivity index (χ2n) is 8.39. The summed E-state index contributed by atoms with van der Waals surface area (Å²) in [6.07, 6.45) is 0.859. The van der Waals surface area contributed by atoms with Gasteiger partial charge in [0, 0.05) is 30.4 Å². The summed E-state index contributed by atoms with van der Waals surface area (Å²) < 4.78 is 17.1. The number of ether oxygens (including phenoxy) is 3. The molecule has 1 spiro atoms. The summed E-state index contributed by atoms with van der Waals surface area (Å²) in [5.41, 5.74) is 3.26.